The number of fused-ring (bicyclic) bond motifs is 1. The average molecular weight is 444 g/mol. The van der Waals surface area contributed by atoms with Crippen molar-refractivity contribution in [2.45, 2.75) is 70.8 Å². The minimum Gasteiger partial charge on any atom is -0.325 e. The van der Waals surface area contributed by atoms with Crippen LogP contribution in [0.25, 0.3) is 10.2 Å². The van der Waals surface area contributed by atoms with Gasteiger partial charge in [-0.15, -0.1) is 11.3 Å². The molecule has 0 aliphatic rings. The highest BCUT2D eigenvalue weighted by atomic mass is 32.2. The molecule has 0 saturated carbocycles. The molecule has 3 aromatic rings. The highest BCUT2D eigenvalue weighted by Crippen LogP contribution is 2.31. The number of thioether (sulfide) groups is 1. The molecule has 0 aliphatic heterocycles. The number of carbonyl (C=O) groups excluding carboxylic acids is 1. The number of nitrogens with zero attached hydrogens (tertiary/aromatic N) is 2. The second-order valence-corrected chi connectivity index (χ2v) is 10.6. The molecule has 1 N–H and O–H groups in total. The Hall–Kier alpha value is -2.12. The van der Waals surface area contributed by atoms with Gasteiger partial charge >= 0.3 is 0 Å². The second kappa shape index (κ2) is 8.94. The van der Waals surface area contributed by atoms with Crippen LogP contribution in [0.4, 0.5) is 5.69 Å². The maximum Gasteiger partial charge on any atom is 0.263 e. The molecule has 3 rings (SSSR count). The molecule has 0 radical (unpaired) electrons. The maximum absolute atomic E-state index is 13.2. The van der Waals surface area contributed by atoms with Crippen LogP contribution < -0.4 is 10.9 Å². The van der Waals surface area contributed by atoms with E-state index in [0.717, 1.165) is 26.5 Å². The molecule has 7 heteroatoms. The minimum absolute atomic E-state index is 0.0305. The van der Waals surface area contributed by atoms with Gasteiger partial charge in [-0.05, 0) is 57.7 Å². The number of aromatic nitrogens is 2. The molecule has 5 nitrogen and oxygen atoms in total. The van der Waals surface area contributed by atoms with E-state index in [9.17, 15) is 9.59 Å². The van der Waals surface area contributed by atoms with E-state index in [1.165, 1.54) is 23.1 Å². The first kappa shape index (κ1) is 22.6. The van der Waals surface area contributed by atoms with Gasteiger partial charge in [-0.3, -0.25) is 14.2 Å². The number of amides is 1. The molecule has 0 bridgehead atoms. The Morgan fingerprint density at radius 2 is 1.80 bits per heavy atom. The molecule has 2 heterocycles. The first-order valence-corrected chi connectivity index (χ1v) is 11.9. The largest absolute Gasteiger partial charge is 0.325 e. The van der Waals surface area contributed by atoms with E-state index in [-0.39, 0.29) is 17.5 Å². The van der Waals surface area contributed by atoms with Crippen LogP contribution in [0.15, 0.2) is 34.2 Å². The third-order valence-electron chi connectivity index (χ3n) is 5.21. The number of anilines is 1. The zero-order valence-corrected chi connectivity index (χ0v) is 20.2. The fourth-order valence-electron chi connectivity index (χ4n) is 3.39. The summed E-state index contributed by atoms with van der Waals surface area (Å²) in [5, 5.41) is 3.93. The van der Waals surface area contributed by atoms with Gasteiger partial charge in [0.15, 0.2) is 5.16 Å². The summed E-state index contributed by atoms with van der Waals surface area (Å²) in [6.07, 6.45) is 0. The van der Waals surface area contributed by atoms with Crippen LogP contribution in [-0.4, -0.2) is 20.7 Å². The van der Waals surface area contributed by atoms with Crippen LogP contribution in [0.3, 0.4) is 0 Å². The van der Waals surface area contributed by atoms with E-state index in [0.29, 0.717) is 16.5 Å². The third-order valence-corrected chi connectivity index (χ3v) is 7.38. The standard InChI is InChI=1S/C23H29N3O2S2/c1-12(2)17-10-8-9-11-18(17)24-20(27)16(7)30-23-25-21-19(14(5)15(6)29-21)22(28)26(23)13(3)4/h8-13,16H,1-7H3,(H,24,27). The summed E-state index contributed by atoms with van der Waals surface area (Å²) < 4.78 is 1.71. The molecule has 0 fully saturated rings. The molecular weight excluding hydrogens is 414 g/mol. The predicted molar refractivity (Wildman–Crippen MR) is 128 cm³/mol. The molecule has 2 aromatic heterocycles. The van der Waals surface area contributed by atoms with Gasteiger partial charge < -0.3 is 5.32 Å². The van der Waals surface area contributed by atoms with Crippen molar-refractivity contribution in [1.29, 1.82) is 0 Å². The highest BCUT2D eigenvalue weighted by Gasteiger charge is 2.23. The molecule has 0 aliphatic carbocycles. The lowest BCUT2D eigenvalue weighted by Crippen LogP contribution is -2.28. The number of hydrogen-bond acceptors (Lipinski definition) is 5. The van der Waals surface area contributed by atoms with Gasteiger partial charge in [-0.2, -0.15) is 0 Å². The van der Waals surface area contributed by atoms with E-state index >= 15 is 0 Å². The van der Waals surface area contributed by atoms with E-state index < -0.39 is 5.25 Å². The van der Waals surface area contributed by atoms with Gasteiger partial charge in [0.25, 0.3) is 5.56 Å². The van der Waals surface area contributed by atoms with Crippen molar-refractivity contribution in [3.8, 4) is 0 Å². The first-order valence-electron chi connectivity index (χ1n) is 10.2. The molecule has 30 heavy (non-hydrogen) atoms. The number of para-hydroxylation sites is 1. The topological polar surface area (TPSA) is 64.0 Å². The number of thiophene rings is 1. The zero-order valence-electron chi connectivity index (χ0n) is 18.6. The number of aryl methyl sites for hydroxylation is 2. The number of benzene rings is 1. The van der Waals surface area contributed by atoms with Gasteiger partial charge in [0, 0.05) is 16.6 Å². The quantitative estimate of drug-likeness (QED) is 0.381. The minimum atomic E-state index is -0.401. The summed E-state index contributed by atoms with van der Waals surface area (Å²) in [6.45, 7) is 14.0. The average Bonchev–Trinajstić information content (AvgIpc) is 2.95. The third kappa shape index (κ3) is 4.32. The summed E-state index contributed by atoms with van der Waals surface area (Å²) in [4.78, 5) is 32.8. The Balaban J connectivity index is 1.93. The molecule has 160 valence electrons. The SMILES string of the molecule is Cc1sc2nc(SC(C)C(=O)Nc3ccccc3C(C)C)n(C(C)C)c(=O)c2c1C. The Kier molecular flexibility index (Phi) is 6.72. The van der Waals surface area contributed by atoms with Crippen molar-refractivity contribution in [2.75, 3.05) is 5.32 Å². The van der Waals surface area contributed by atoms with Crippen LogP contribution in [0, 0.1) is 13.8 Å². The molecule has 0 spiro atoms. The van der Waals surface area contributed by atoms with Crippen LogP contribution >= 0.6 is 23.1 Å². The Morgan fingerprint density at radius 3 is 2.43 bits per heavy atom. The van der Waals surface area contributed by atoms with E-state index in [4.69, 9.17) is 4.98 Å². The summed E-state index contributed by atoms with van der Waals surface area (Å²) in [7, 11) is 0. The summed E-state index contributed by atoms with van der Waals surface area (Å²) in [6, 6.07) is 7.82. The van der Waals surface area contributed by atoms with Crippen molar-refractivity contribution < 1.29 is 4.79 Å². The van der Waals surface area contributed by atoms with Crippen LogP contribution in [0.5, 0.6) is 0 Å². The maximum atomic E-state index is 13.2. The number of carbonyl (C=O) groups is 1. The monoisotopic (exact) mass is 443 g/mol. The van der Waals surface area contributed by atoms with Crippen molar-refractivity contribution >= 4 is 44.9 Å². The van der Waals surface area contributed by atoms with Gasteiger partial charge in [0.1, 0.15) is 4.83 Å². The zero-order chi connectivity index (χ0) is 22.2. The van der Waals surface area contributed by atoms with Crippen molar-refractivity contribution in [1.82, 2.24) is 9.55 Å². The Morgan fingerprint density at radius 1 is 1.13 bits per heavy atom. The molecule has 1 amide bonds. The first-order chi connectivity index (χ1) is 14.1. The fourth-order valence-corrected chi connectivity index (χ4v) is 5.50. The number of nitrogens with one attached hydrogen (secondary N) is 1. The summed E-state index contributed by atoms with van der Waals surface area (Å²) in [5.74, 6) is 0.209. The Labute approximate surface area is 185 Å². The molecule has 0 saturated heterocycles. The van der Waals surface area contributed by atoms with Gasteiger partial charge in [-0.1, -0.05) is 43.8 Å². The van der Waals surface area contributed by atoms with Crippen molar-refractivity contribution in [3.63, 3.8) is 0 Å². The van der Waals surface area contributed by atoms with Crippen LogP contribution in [-0.2, 0) is 4.79 Å². The fraction of sp³-hybridized carbons (Fsp3) is 0.435. The lowest BCUT2D eigenvalue weighted by atomic mass is 10.0. The van der Waals surface area contributed by atoms with E-state index in [2.05, 4.69) is 19.2 Å². The Bertz CT molecular complexity index is 1150. The van der Waals surface area contributed by atoms with Crippen LogP contribution in [0.1, 0.15) is 62.6 Å². The highest BCUT2D eigenvalue weighted by molar-refractivity contribution is 8.00. The van der Waals surface area contributed by atoms with Gasteiger partial charge in [0.05, 0.1) is 10.6 Å². The summed E-state index contributed by atoms with van der Waals surface area (Å²) in [5.41, 5.74) is 2.90. The molecule has 1 unspecified atom stereocenters. The molecular formula is C23H29N3O2S2. The van der Waals surface area contributed by atoms with Crippen LogP contribution in [0.2, 0.25) is 0 Å². The number of hydrogen-bond donors (Lipinski definition) is 1. The van der Waals surface area contributed by atoms with Gasteiger partial charge in [0.2, 0.25) is 5.91 Å². The second-order valence-electron chi connectivity index (χ2n) is 8.12. The van der Waals surface area contributed by atoms with Crippen molar-refractivity contribution in [2.24, 2.45) is 0 Å². The van der Waals surface area contributed by atoms with E-state index in [1.54, 1.807) is 4.57 Å². The lowest BCUT2D eigenvalue weighted by molar-refractivity contribution is -0.115. The number of rotatable bonds is 6. The summed E-state index contributed by atoms with van der Waals surface area (Å²) >= 11 is 2.86. The molecule has 1 atom stereocenters. The lowest BCUT2D eigenvalue weighted by Gasteiger charge is -2.19. The normalized spacial score (nSPS) is 12.7. The molecule has 1 aromatic carbocycles. The smallest absolute Gasteiger partial charge is 0.263 e. The van der Waals surface area contributed by atoms with Gasteiger partial charge in [-0.25, -0.2) is 4.98 Å². The van der Waals surface area contributed by atoms with Crippen molar-refractivity contribution in [3.05, 3.63) is 50.6 Å². The van der Waals surface area contributed by atoms with E-state index in [1.807, 2.05) is 58.9 Å². The predicted octanol–water partition coefficient (Wildman–Crippen LogP) is 5.90.